The predicted octanol–water partition coefficient (Wildman–Crippen LogP) is 6.52. The van der Waals surface area contributed by atoms with Gasteiger partial charge in [0.25, 0.3) is 0 Å². The van der Waals surface area contributed by atoms with E-state index in [-0.39, 0.29) is 47.7 Å². The monoisotopic (exact) mass is 667 g/mol. The molecule has 0 unspecified atom stereocenters. The maximum absolute atomic E-state index is 15.0. The number of carboxylic acids is 1. The minimum Gasteiger partial charge on any atom is -0.481 e. The van der Waals surface area contributed by atoms with Gasteiger partial charge in [0, 0.05) is 17.5 Å². The quantitative estimate of drug-likeness (QED) is 0.270. The van der Waals surface area contributed by atoms with Crippen LogP contribution < -0.4 is 5.32 Å². The van der Waals surface area contributed by atoms with Crippen molar-refractivity contribution in [2.24, 2.45) is 17.8 Å². The highest BCUT2D eigenvalue weighted by molar-refractivity contribution is 7.92. The number of sulfone groups is 1. The number of halogens is 8. The van der Waals surface area contributed by atoms with Crippen molar-refractivity contribution in [3.63, 3.8) is 0 Å². The first-order valence-corrected chi connectivity index (χ1v) is 15.8. The number of alkyl halides is 7. The Morgan fingerprint density at radius 3 is 2.00 bits per heavy atom. The van der Waals surface area contributed by atoms with E-state index in [0.717, 1.165) is 30.3 Å². The minimum atomic E-state index is -6.37. The zero-order valence-electron chi connectivity index (χ0n) is 23.5. The number of aryl methyl sites for hydroxylation is 1. The van der Waals surface area contributed by atoms with Crippen molar-refractivity contribution in [3.8, 4) is 0 Å². The van der Waals surface area contributed by atoms with Crippen LogP contribution in [0.4, 0.5) is 35.1 Å². The summed E-state index contributed by atoms with van der Waals surface area (Å²) in [6, 6.07) is 4.88. The average Bonchev–Trinajstić information content (AvgIpc) is 3.38. The Bertz CT molecular complexity index is 1570. The van der Waals surface area contributed by atoms with Crippen LogP contribution in [0.2, 0.25) is 0 Å². The molecule has 0 heterocycles. The molecule has 0 aromatic heterocycles. The van der Waals surface area contributed by atoms with E-state index in [0.29, 0.717) is 37.8 Å². The lowest BCUT2D eigenvalue weighted by molar-refractivity contribution is -0.348. The van der Waals surface area contributed by atoms with Crippen LogP contribution in [0.5, 0.6) is 0 Å². The number of nitrogens with one attached hydrogen (secondary N) is 1. The van der Waals surface area contributed by atoms with Gasteiger partial charge in [0.05, 0.1) is 10.8 Å². The fraction of sp³-hybridized carbons (Fsp3) is 0.533. The van der Waals surface area contributed by atoms with Crippen LogP contribution in [0.25, 0.3) is 0 Å². The first kappa shape index (κ1) is 33.1. The van der Waals surface area contributed by atoms with Crippen LogP contribution in [0.1, 0.15) is 61.6 Å². The van der Waals surface area contributed by atoms with Gasteiger partial charge in [0.2, 0.25) is 5.91 Å². The van der Waals surface area contributed by atoms with Crippen molar-refractivity contribution in [2.75, 3.05) is 0 Å². The number of benzene rings is 2. The van der Waals surface area contributed by atoms with Crippen molar-refractivity contribution >= 4 is 21.7 Å². The summed E-state index contributed by atoms with van der Waals surface area (Å²) in [5, 5.41) is 12.1. The number of hydrogen-bond acceptors (Lipinski definition) is 4. The number of carboxylic acid groups (broad SMARTS) is 1. The molecule has 3 aliphatic rings. The lowest BCUT2D eigenvalue weighted by atomic mass is 9.72. The van der Waals surface area contributed by atoms with E-state index in [1.807, 2.05) is 0 Å². The minimum absolute atomic E-state index is 0.000732. The Kier molecular flexibility index (Phi) is 8.27. The SMILES string of the molecule is O=C(N[C@H]1CC[C@H](C(=O)O)CC1)[C@@H]1CC[C@@]2(S(=O)(=O)c3ccc(F)cc3)c3ccc(C(F)(C(F)(F)F)C(F)(F)F)cc3CC[C@@H]12. The lowest BCUT2D eigenvalue weighted by Gasteiger charge is -2.43. The third-order valence-corrected chi connectivity index (χ3v) is 12.3. The maximum atomic E-state index is 15.0. The Balaban J connectivity index is 1.57. The summed E-state index contributed by atoms with van der Waals surface area (Å²) in [6.07, 6.45) is -11.9. The fourth-order valence-corrected chi connectivity index (χ4v) is 9.96. The van der Waals surface area contributed by atoms with Gasteiger partial charge in [-0.25, -0.2) is 17.2 Å². The smallest absolute Gasteiger partial charge is 0.435 e. The Hall–Kier alpha value is -3.23. The van der Waals surface area contributed by atoms with Gasteiger partial charge in [-0.2, -0.15) is 26.3 Å². The van der Waals surface area contributed by atoms with Gasteiger partial charge in [0.15, 0.2) is 9.84 Å². The molecule has 0 spiro atoms. The molecule has 6 nitrogen and oxygen atoms in total. The van der Waals surface area contributed by atoms with Crippen LogP contribution in [-0.4, -0.2) is 43.8 Å². The van der Waals surface area contributed by atoms with Gasteiger partial charge in [0.1, 0.15) is 10.6 Å². The summed E-state index contributed by atoms with van der Waals surface area (Å²) in [5.41, 5.74) is -7.81. The molecular formula is C30H29F8NO5S. The van der Waals surface area contributed by atoms with Gasteiger partial charge in [-0.05, 0) is 92.7 Å². The molecule has 3 atom stereocenters. The van der Waals surface area contributed by atoms with E-state index in [1.165, 1.54) is 0 Å². The number of rotatable bonds is 6. The van der Waals surface area contributed by atoms with Gasteiger partial charge < -0.3 is 10.4 Å². The van der Waals surface area contributed by atoms with E-state index in [2.05, 4.69) is 5.32 Å². The number of carbonyl (C=O) groups excluding carboxylic acids is 1. The molecule has 15 heteroatoms. The summed E-state index contributed by atoms with van der Waals surface area (Å²) >= 11 is 0. The largest absolute Gasteiger partial charge is 0.481 e. The standard InChI is InChI=1S/C30H29F8NO5S/c31-19-5-9-21(10-6-19)45(43,44)27-14-13-22(25(40)39-20-7-1-16(2-8-20)26(41)42)24(27)11-3-17-15-18(4-12-23(17)27)28(32,29(33,34)35)30(36,37)38/h4-6,9-10,12,15-16,20,22,24H,1-3,7-8,11,13-14H2,(H,39,40)(H,41,42)/t16-,20-,22-,24+,27-/m1/s1. The summed E-state index contributed by atoms with van der Waals surface area (Å²) in [5.74, 6) is -4.62. The molecule has 2 N–H and O–H groups in total. The van der Waals surface area contributed by atoms with Crippen LogP contribution >= 0.6 is 0 Å². The molecule has 0 bridgehead atoms. The Labute approximate surface area is 253 Å². The second kappa shape index (κ2) is 11.2. The van der Waals surface area contributed by atoms with E-state index in [1.54, 1.807) is 0 Å². The van der Waals surface area contributed by atoms with Crippen LogP contribution in [0.3, 0.4) is 0 Å². The third-order valence-electron chi connectivity index (χ3n) is 9.74. The number of fused-ring (bicyclic) bond motifs is 3. The molecule has 2 aromatic rings. The molecule has 2 saturated carbocycles. The van der Waals surface area contributed by atoms with Crippen molar-refractivity contribution in [1.29, 1.82) is 0 Å². The average molecular weight is 668 g/mol. The number of aliphatic carboxylic acids is 1. The maximum Gasteiger partial charge on any atom is 0.435 e. The number of hydrogen-bond donors (Lipinski definition) is 2. The van der Waals surface area contributed by atoms with Crippen LogP contribution in [0, 0.1) is 23.6 Å². The molecule has 2 fully saturated rings. The normalized spacial score (nSPS) is 27.4. The van der Waals surface area contributed by atoms with Crippen LogP contribution in [-0.2, 0) is 36.3 Å². The van der Waals surface area contributed by atoms with E-state index >= 15 is 0 Å². The molecule has 45 heavy (non-hydrogen) atoms. The van der Waals surface area contributed by atoms with Crippen molar-refractivity contribution in [2.45, 2.75) is 85.1 Å². The Morgan fingerprint density at radius 1 is 0.844 bits per heavy atom. The number of amides is 1. The molecule has 0 saturated heterocycles. The fourth-order valence-electron chi connectivity index (χ4n) is 7.49. The van der Waals surface area contributed by atoms with Crippen LogP contribution in [0.15, 0.2) is 47.4 Å². The summed E-state index contributed by atoms with van der Waals surface area (Å²) in [6.45, 7) is 0. The van der Waals surface area contributed by atoms with Gasteiger partial charge >= 0.3 is 24.0 Å². The van der Waals surface area contributed by atoms with Gasteiger partial charge in [-0.15, -0.1) is 0 Å². The molecule has 2 aromatic carbocycles. The first-order valence-electron chi connectivity index (χ1n) is 14.3. The number of carbonyl (C=O) groups is 2. The zero-order valence-corrected chi connectivity index (χ0v) is 24.3. The van der Waals surface area contributed by atoms with E-state index < -0.39 is 73.6 Å². The topological polar surface area (TPSA) is 101 Å². The second-order valence-electron chi connectivity index (χ2n) is 12.1. The van der Waals surface area contributed by atoms with Crippen molar-refractivity contribution < 1.29 is 58.2 Å². The summed E-state index contributed by atoms with van der Waals surface area (Å²) in [4.78, 5) is 24.5. The van der Waals surface area contributed by atoms with Gasteiger partial charge in [-0.3, -0.25) is 9.59 Å². The molecule has 0 radical (unpaired) electrons. The second-order valence-corrected chi connectivity index (χ2v) is 14.3. The highest BCUT2D eigenvalue weighted by Crippen LogP contribution is 2.60. The molecule has 0 aliphatic heterocycles. The van der Waals surface area contributed by atoms with Crippen molar-refractivity contribution in [1.82, 2.24) is 5.32 Å². The van der Waals surface area contributed by atoms with Crippen molar-refractivity contribution in [3.05, 3.63) is 65.0 Å². The van der Waals surface area contributed by atoms with E-state index in [9.17, 15) is 58.2 Å². The highest BCUT2D eigenvalue weighted by Gasteiger charge is 2.74. The van der Waals surface area contributed by atoms with Gasteiger partial charge in [-0.1, -0.05) is 18.2 Å². The zero-order chi connectivity index (χ0) is 33.2. The summed E-state index contributed by atoms with van der Waals surface area (Å²) in [7, 11) is -4.56. The molecular weight excluding hydrogens is 638 g/mol. The first-order chi connectivity index (χ1) is 20.8. The summed E-state index contributed by atoms with van der Waals surface area (Å²) < 4.78 is 137. The van der Waals surface area contributed by atoms with E-state index in [4.69, 9.17) is 0 Å². The molecule has 5 rings (SSSR count). The molecule has 1 amide bonds. The predicted molar refractivity (Wildman–Crippen MR) is 143 cm³/mol. The lowest BCUT2D eigenvalue weighted by Crippen LogP contribution is -2.51. The molecule has 3 aliphatic carbocycles. The Morgan fingerprint density at radius 2 is 1.44 bits per heavy atom. The third kappa shape index (κ3) is 5.28. The molecule has 246 valence electrons. The highest BCUT2D eigenvalue weighted by atomic mass is 32.2.